The number of piperidine rings is 1. The summed E-state index contributed by atoms with van der Waals surface area (Å²) in [4.78, 5) is 14.8. The fourth-order valence-electron chi connectivity index (χ4n) is 3.97. The first-order valence-corrected chi connectivity index (χ1v) is 9.51. The number of amides is 1. The molecule has 22 heavy (non-hydrogen) atoms. The van der Waals surface area contributed by atoms with Crippen molar-refractivity contribution >= 4 is 17.7 Å². The third kappa shape index (κ3) is 2.87. The van der Waals surface area contributed by atoms with Crippen LogP contribution in [0.3, 0.4) is 0 Å². The molecule has 0 radical (unpaired) electrons. The minimum absolute atomic E-state index is 0.270. The molecule has 4 rings (SSSR count). The maximum absolute atomic E-state index is 12.7. The number of likely N-dealkylation sites (tertiary alicyclic amines) is 1. The van der Waals surface area contributed by atoms with E-state index in [9.17, 15) is 4.79 Å². The number of nitrogens with zero attached hydrogens (tertiary/aromatic N) is 5. The van der Waals surface area contributed by atoms with E-state index in [1.807, 2.05) is 4.68 Å². The number of hydrogen-bond donors (Lipinski definition) is 0. The third-order valence-corrected chi connectivity index (χ3v) is 6.16. The van der Waals surface area contributed by atoms with Gasteiger partial charge >= 0.3 is 0 Å². The van der Waals surface area contributed by atoms with E-state index in [2.05, 4.69) is 20.4 Å². The highest BCUT2D eigenvalue weighted by Gasteiger charge is 2.36. The molecule has 6 nitrogen and oxygen atoms in total. The largest absolute Gasteiger partial charge is 0.339 e. The Hall–Kier alpha value is -1.11. The van der Waals surface area contributed by atoms with Crippen LogP contribution in [0.5, 0.6) is 0 Å². The molecule has 2 saturated carbocycles. The predicted molar refractivity (Wildman–Crippen MR) is 83.5 cm³/mol. The Kier molecular flexibility index (Phi) is 4.07. The van der Waals surface area contributed by atoms with Gasteiger partial charge in [-0.2, -0.15) is 0 Å². The molecule has 2 heterocycles. The lowest BCUT2D eigenvalue weighted by molar-refractivity contribution is -0.134. The summed E-state index contributed by atoms with van der Waals surface area (Å²) in [6, 6.07) is 0.959. The van der Waals surface area contributed by atoms with Gasteiger partial charge in [-0.3, -0.25) is 4.79 Å². The monoisotopic (exact) mass is 321 g/mol. The van der Waals surface area contributed by atoms with Crippen molar-refractivity contribution < 1.29 is 4.79 Å². The molecule has 3 fully saturated rings. The van der Waals surface area contributed by atoms with Crippen molar-refractivity contribution in [2.75, 3.05) is 12.3 Å². The van der Waals surface area contributed by atoms with E-state index in [1.165, 1.54) is 43.9 Å². The molecule has 1 aromatic heterocycles. The van der Waals surface area contributed by atoms with Gasteiger partial charge in [0.15, 0.2) is 0 Å². The van der Waals surface area contributed by atoms with E-state index in [4.69, 9.17) is 0 Å². The molecular weight excluding hydrogens is 298 g/mol. The number of carbonyl (C=O) groups excluding carboxylic acids is 1. The highest BCUT2D eigenvalue weighted by molar-refractivity contribution is 7.99. The van der Waals surface area contributed by atoms with Crippen molar-refractivity contribution in [2.45, 2.75) is 68.6 Å². The quantitative estimate of drug-likeness (QED) is 0.796. The van der Waals surface area contributed by atoms with Crippen molar-refractivity contribution in [1.29, 1.82) is 0 Å². The minimum atomic E-state index is 0.270. The van der Waals surface area contributed by atoms with Crippen LogP contribution < -0.4 is 0 Å². The number of hydrogen-bond acceptors (Lipinski definition) is 5. The van der Waals surface area contributed by atoms with Crippen LogP contribution >= 0.6 is 11.8 Å². The number of tetrazole rings is 1. The standard InChI is InChI=1S/C15H23N5OS/c21-14(10-22-15-16-17-18-20(15)12-7-8-12)19-9-3-5-11-4-1-2-6-13(11)19/h11-13H,1-10H2/t11-,13+/m0/s1. The molecule has 1 amide bonds. The van der Waals surface area contributed by atoms with Gasteiger partial charge in [-0.15, -0.1) is 5.10 Å². The Labute approximate surface area is 135 Å². The van der Waals surface area contributed by atoms with Crippen molar-refractivity contribution in [1.82, 2.24) is 25.1 Å². The molecule has 1 aliphatic heterocycles. The normalized spacial score (nSPS) is 28.5. The molecule has 1 aromatic rings. The number of thioether (sulfide) groups is 1. The molecule has 0 bridgehead atoms. The van der Waals surface area contributed by atoms with Crippen molar-refractivity contribution in [3.05, 3.63) is 0 Å². The lowest BCUT2D eigenvalue weighted by atomic mass is 9.78. The number of fused-ring (bicyclic) bond motifs is 1. The minimum Gasteiger partial charge on any atom is -0.339 e. The summed E-state index contributed by atoms with van der Waals surface area (Å²) in [5.74, 6) is 1.48. The van der Waals surface area contributed by atoms with E-state index in [-0.39, 0.29) is 5.91 Å². The number of aromatic nitrogens is 4. The Balaban J connectivity index is 1.37. The van der Waals surface area contributed by atoms with Crippen LogP contribution in [0, 0.1) is 5.92 Å². The Bertz CT molecular complexity index is 542. The lowest BCUT2D eigenvalue weighted by Gasteiger charge is -2.44. The second kappa shape index (κ2) is 6.18. The summed E-state index contributed by atoms with van der Waals surface area (Å²) in [5.41, 5.74) is 0. The first-order valence-electron chi connectivity index (χ1n) is 8.53. The molecule has 0 N–H and O–H groups in total. The van der Waals surface area contributed by atoms with Gasteiger partial charge in [-0.25, -0.2) is 4.68 Å². The fourth-order valence-corrected chi connectivity index (χ4v) is 4.80. The van der Waals surface area contributed by atoms with Gasteiger partial charge in [0, 0.05) is 12.6 Å². The Morgan fingerprint density at radius 3 is 2.82 bits per heavy atom. The second-order valence-corrected chi connectivity index (χ2v) is 7.71. The van der Waals surface area contributed by atoms with Crippen molar-refractivity contribution in [2.24, 2.45) is 5.92 Å². The second-order valence-electron chi connectivity index (χ2n) is 6.77. The third-order valence-electron chi connectivity index (χ3n) is 5.24. The summed E-state index contributed by atoms with van der Waals surface area (Å²) in [6.45, 7) is 0.939. The average molecular weight is 321 g/mol. The first-order chi connectivity index (χ1) is 10.8. The molecule has 2 atom stereocenters. The summed E-state index contributed by atoms with van der Waals surface area (Å²) >= 11 is 1.50. The molecule has 0 aromatic carbocycles. The highest BCUT2D eigenvalue weighted by Crippen LogP contribution is 2.37. The Morgan fingerprint density at radius 1 is 1.14 bits per heavy atom. The maximum Gasteiger partial charge on any atom is 0.233 e. The van der Waals surface area contributed by atoms with Gasteiger partial charge in [0.1, 0.15) is 0 Å². The van der Waals surface area contributed by atoms with Gasteiger partial charge in [0.25, 0.3) is 0 Å². The summed E-state index contributed by atoms with van der Waals surface area (Å²) < 4.78 is 1.89. The SMILES string of the molecule is O=C(CSc1nnnn1C1CC1)N1CCC[C@@H]2CCCC[C@H]21. The van der Waals surface area contributed by atoms with Crippen LogP contribution in [-0.2, 0) is 4.79 Å². The summed E-state index contributed by atoms with van der Waals surface area (Å²) in [5, 5.41) is 12.7. The van der Waals surface area contributed by atoms with E-state index in [0.29, 0.717) is 17.8 Å². The number of rotatable bonds is 4. The molecular formula is C15H23N5OS. The van der Waals surface area contributed by atoms with Gasteiger partial charge in [-0.05, 0) is 54.9 Å². The van der Waals surface area contributed by atoms with Gasteiger partial charge in [-0.1, -0.05) is 24.6 Å². The van der Waals surface area contributed by atoms with E-state index in [0.717, 1.165) is 36.9 Å². The van der Waals surface area contributed by atoms with Gasteiger partial charge in [0.2, 0.25) is 11.1 Å². The molecule has 0 spiro atoms. The molecule has 120 valence electrons. The van der Waals surface area contributed by atoms with Crippen LogP contribution in [0.4, 0.5) is 0 Å². The van der Waals surface area contributed by atoms with E-state index < -0.39 is 0 Å². The summed E-state index contributed by atoms with van der Waals surface area (Å²) in [6.07, 6.45) is 9.90. The van der Waals surface area contributed by atoms with E-state index >= 15 is 0 Å². The molecule has 2 aliphatic carbocycles. The summed E-state index contributed by atoms with van der Waals surface area (Å²) in [7, 11) is 0. The molecule has 3 aliphatic rings. The van der Waals surface area contributed by atoms with Crippen LogP contribution in [0.25, 0.3) is 0 Å². The zero-order chi connectivity index (χ0) is 14.9. The lowest BCUT2D eigenvalue weighted by Crippen LogP contribution is -2.50. The van der Waals surface area contributed by atoms with Crippen LogP contribution in [0.2, 0.25) is 0 Å². The molecule has 1 saturated heterocycles. The highest BCUT2D eigenvalue weighted by atomic mass is 32.2. The molecule has 7 heteroatoms. The maximum atomic E-state index is 12.7. The average Bonchev–Trinajstić information content (AvgIpc) is 3.30. The van der Waals surface area contributed by atoms with Crippen LogP contribution in [-0.4, -0.2) is 49.4 Å². The van der Waals surface area contributed by atoms with Crippen molar-refractivity contribution in [3.8, 4) is 0 Å². The Morgan fingerprint density at radius 2 is 1.95 bits per heavy atom. The van der Waals surface area contributed by atoms with Gasteiger partial charge in [0.05, 0.1) is 11.8 Å². The predicted octanol–water partition coefficient (Wildman–Crippen LogP) is 2.28. The molecule has 0 unspecified atom stereocenters. The van der Waals surface area contributed by atoms with Crippen LogP contribution in [0.15, 0.2) is 5.16 Å². The van der Waals surface area contributed by atoms with Crippen molar-refractivity contribution in [3.63, 3.8) is 0 Å². The topological polar surface area (TPSA) is 63.9 Å². The zero-order valence-corrected chi connectivity index (χ0v) is 13.7. The smallest absolute Gasteiger partial charge is 0.233 e. The fraction of sp³-hybridized carbons (Fsp3) is 0.867. The number of carbonyl (C=O) groups is 1. The van der Waals surface area contributed by atoms with Crippen LogP contribution in [0.1, 0.15) is 57.4 Å². The van der Waals surface area contributed by atoms with E-state index in [1.54, 1.807) is 0 Å². The zero-order valence-electron chi connectivity index (χ0n) is 12.9. The van der Waals surface area contributed by atoms with Gasteiger partial charge < -0.3 is 4.90 Å². The first kappa shape index (κ1) is 14.5.